The molecule has 1 heterocycles. The van der Waals surface area contributed by atoms with Crippen molar-refractivity contribution < 1.29 is 4.74 Å². The molecule has 1 atom stereocenters. The maximum Gasteiger partial charge on any atom is 0.119 e. The van der Waals surface area contributed by atoms with Gasteiger partial charge in [0.25, 0.3) is 0 Å². The molecule has 0 aliphatic rings. The molecule has 0 saturated carbocycles. The SMILES string of the molecule is CNC(COc1ccc(Cl)cc1)c1cncnc1. The van der Waals surface area contributed by atoms with Crippen molar-refractivity contribution in [3.8, 4) is 5.75 Å². The van der Waals surface area contributed by atoms with E-state index in [1.807, 2.05) is 19.2 Å². The van der Waals surface area contributed by atoms with E-state index in [0.29, 0.717) is 11.6 Å². The lowest BCUT2D eigenvalue weighted by molar-refractivity contribution is 0.272. The van der Waals surface area contributed by atoms with Crippen molar-refractivity contribution in [1.82, 2.24) is 15.3 Å². The first-order valence-corrected chi connectivity index (χ1v) is 5.98. The van der Waals surface area contributed by atoms with Gasteiger partial charge in [-0.1, -0.05) is 11.6 Å². The van der Waals surface area contributed by atoms with Crippen LogP contribution >= 0.6 is 11.6 Å². The number of rotatable bonds is 5. The Morgan fingerprint density at radius 2 is 1.89 bits per heavy atom. The molecule has 0 amide bonds. The second-order valence-electron chi connectivity index (χ2n) is 3.78. The molecule has 1 aromatic heterocycles. The van der Waals surface area contributed by atoms with Crippen molar-refractivity contribution in [3.63, 3.8) is 0 Å². The van der Waals surface area contributed by atoms with Gasteiger partial charge in [0.05, 0.1) is 6.04 Å². The molecule has 0 aliphatic carbocycles. The number of halogens is 1. The van der Waals surface area contributed by atoms with Crippen LogP contribution in [0.4, 0.5) is 0 Å². The predicted octanol–water partition coefficient (Wildman–Crippen LogP) is 2.47. The average molecular weight is 264 g/mol. The van der Waals surface area contributed by atoms with Gasteiger partial charge >= 0.3 is 0 Å². The van der Waals surface area contributed by atoms with Gasteiger partial charge in [-0.3, -0.25) is 0 Å². The van der Waals surface area contributed by atoms with E-state index in [2.05, 4.69) is 15.3 Å². The fourth-order valence-corrected chi connectivity index (χ4v) is 1.67. The molecule has 1 N–H and O–H groups in total. The third-order valence-corrected chi connectivity index (χ3v) is 2.81. The molecule has 0 aliphatic heterocycles. The maximum absolute atomic E-state index is 5.81. The summed E-state index contributed by atoms with van der Waals surface area (Å²) in [6.45, 7) is 0.505. The van der Waals surface area contributed by atoms with E-state index in [0.717, 1.165) is 11.3 Å². The molecule has 2 aromatic rings. The molecular formula is C13H14ClN3O. The number of likely N-dealkylation sites (N-methyl/N-ethyl adjacent to an activating group) is 1. The van der Waals surface area contributed by atoms with Crippen molar-refractivity contribution in [2.75, 3.05) is 13.7 Å². The average Bonchev–Trinajstić information content (AvgIpc) is 2.43. The van der Waals surface area contributed by atoms with Crippen LogP contribution in [0.3, 0.4) is 0 Å². The normalized spacial score (nSPS) is 12.1. The van der Waals surface area contributed by atoms with Gasteiger partial charge in [-0.05, 0) is 31.3 Å². The number of hydrogen-bond acceptors (Lipinski definition) is 4. The lowest BCUT2D eigenvalue weighted by atomic mass is 10.2. The minimum atomic E-state index is 0.0573. The highest BCUT2D eigenvalue weighted by Crippen LogP contribution is 2.17. The molecule has 1 aromatic carbocycles. The smallest absolute Gasteiger partial charge is 0.119 e. The fraction of sp³-hybridized carbons (Fsp3) is 0.231. The van der Waals surface area contributed by atoms with Crippen LogP contribution in [0.2, 0.25) is 5.02 Å². The van der Waals surface area contributed by atoms with Gasteiger partial charge in [-0.2, -0.15) is 0 Å². The Labute approximate surface area is 111 Å². The highest BCUT2D eigenvalue weighted by molar-refractivity contribution is 6.30. The standard InChI is InChI=1S/C13H14ClN3O/c1-15-13(10-6-16-9-17-7-10)8-18-12-4-2-11(14)3-5-12/h2-7,9,13,15H,8H2,1H3. The number of nitrogens with zero attached hydrogens (tertiary/aromatic N) is 2. The zero-order chi connectivity index (χ0) is 12.8. The third-order valence-electron chi connectivity index (χ3n) is 2.56. The van der Waals surface area contributed by atoms with Gasteiger partial charge in [-0.25, -0.2) is 9.97 Å². The van der Waals surface area contributed by atoms with Crippen molar-refractivity contribution >= 4 is 11.6 Å². The summed E-state index contributed by atoms with van der Waals surface area (Å²) in [7, 11) is 1.88. The van der Waals surface area contributed by atoms with E-state index < -0.39 is 0 Å². The zero-order valence-corrected chi connectivity index (χ0v) is 10.8. The fourth-order valence-electron chi connectivity index (χ4n) is 1.55. The Morgan fingerprint density at radius 3 is 2.50 bits per heavy atom. The summed E-state index contributed by atoms with van der Waals surface area (Å²) in [4.78, 5) is 7.99. The summed E-state index contributed by atoms with van der Waals surface area (Å²) in [5.41, 5.74) is 0.994. The zero-order valence-electron chi connectivity index (χ0n) is 10.0. The molecule has 0 fully saturated rings. The molecule has 5 heteroatoms. The minimum Gasteiger partial charge on any atom is -0.492 e. The van der Waals surface area contributed by atoms with Gasteiger partial charge < -0.3 is 10.1 Å². The van der Waals surface area contributed by atoms with Crippen LogP contribution < -0.4 is 10.1 Å². The Kier molecular flexibility index (Phi) is 4.50. The van der Waals surface area contributed by atoms with E-state index in [4.69, 9.17) is 16.3 Å². The molecule has 4 nitrogen and oxygen atoms in total. The van der Waals surface area contributed by atoms with E-state index in [1.54, 1.807) is 24.5 Å². The first-order valence-electron chi connectivity index (χ1n) is 5.60. The molecule has 1 unspecified atom stereocenters. The summed E-state index contributed by atoms with van der Waals surface area (Å²) < 4.78 is 5.69. The quantitative estimate of drug-likeness (QED) is 0.900. The van der Waals surface area contributed by atoms with Crippen molar-refractivity contribution in [2.45, 2.75) is 6.04 Å². The molecule has 0 saturated heterocycles. The largest absolute Gasteiger partial charge is 0.492 e. The summed E-state index contributed by atoms with van der Waals surface area (Å²) >= 11 is 5.81. The van der Waals surface area contributed by atoms with Crippen LogP contribution in [0, 0.1) is 0 Å². The van der Waals surface area contributed by atoms with E-state index in [9.17, 15) is 0 Å². The molecule has 18 heavy (non-hydrogen) atoms. The second kappa shape index (κ2) is 6.33. The molecular weight excluding hydrogens is 250 g/mol. The lowest BCUT2D eigenvalue weighted by Crippen LogP contribution is -2.23. The van der Waals surface area contributed by atoms with Crippen LogP contribution in [0.5, 0.6) is 5.75 Å². The molecule has 2 rings (SSSR count). The van der Waals surface area contributed by atoms with Gasteiger partial charge in [0, 0.05) is 23.0 Å². The summed E-state index contributed by atoms with van der Waals surface area (Å²) in [6, 6.07) is 7.35. The van der Waals surface area contributed by atoms with Gasteiger partial charge in [-0.15, -0.1) is 0 Å². The first kappa shape index (κ1) is 12.8. The van der Waals surface area contributed by atoms with Crippen molar-refractivity contribution in [2.24, 2.45) is 0 Å². The number of hydrogen-bond donors (Lipinski definition) is 1. The topological polar surface area (TPSA) is 47.0 Å². The molecule has 0 bridgehead atoms. The number of aromatic nitrogens is 2. The van der Waals surface area contributed by atoms with Crippen LogP contribution in [0.15, 0.2) is 43.0 Å². The van der Waals surface area contributed by atoms with E-state index in [1.165, 1.54) is 6.33 Å². The Hall–Kier alpha value is -1.65. The summed E-state index contributed by atoms with van der Waals surface area (Å²) in [5.74, 6) is 0.788. The summed E-state index contributed by atoms with van der Waals surface area (Å²) in [6.07, 6.45) is 5.06. The van der Waals surface area contributed by atoms with Crippen LogP contribution in [0.25, 0.3) is 0 Å². The minimum absolute atomic E-state index is 0.0573. The lowest BCUT2D eigenvalue weighted by Gasteiger charge is -2.16. The van der Waals surface area contributed by atoms with Crippen molar-refractivity contribution in [3.05, 3.63) is 53.6 Å². The first-order chi connectivity index (χ1) is 8.79. The number of benzene rings is 1. The Balaban J connectivity index is 1.97. The number of ether oxygens (including phenoxy) is 1. The van der Waals surface area contributed by atoms with Gasteiger partial charge in [0.2, 0.25) is 0 Å². The summed E-state index contributed by atoms with van der Waals surface area (Å²) in [5, 5.41) is 3.87. The van der Waals surface area contributed by atoms with Crippen LogP contribution in [-0.4, -0.2) is 23.6 Å². The number of nitrogens with one attached hydrogen (secondary N) is 1. The van der Waals surface area contributed by atoms with E-state index in [-0.39, 0.29) is 6.04 Å². The highest BCUT2D eigenvalue weighted by atomic mass is 35.5. The Morgan fingerprint density at radius 1 is 1.22 bits per heavy atom. The maximum atomic E-state index is 5.81. The monoisotopic (exact) mass is 263 g/mol. The van der Waals surface area contributed by atoms with Gasteiger partial charge in [0.1, 0.15) is 18.7 Å². The Bertz CT molecular complexity index is 475. The van der Waals surface area contributed by atoms with E-state index >= 15 is 0 Å². The second-order valence-corrected chi connectivity index (χ2v) is 4.21. The molecule has 0 radical (unpaired) electrons. The molecule has 94 valence electrons. The predicted molar refractivity (Wildman–Crippen MR) is 70.8 cm³/mol. The highest BCUT2D eigenvalue weighted by Gasteiger charge is 2.10. The van der Waals surface area contributed by atoms with Crippen molar-refractivity contribution in [1.29, 1.82) is 0 Å². The van der Waals surface area contributed by atoms with Gasteiger partial charge in [0.15, 0.2) is 0 Å². The van der Waals surface area contributed by atoms with Crippen LogP contribution in [-0.2, 0) is 0 Å². The van der Waals surface area contributed by atoms with Crippen LogP contribution in [0.1, 0.15) is 11.6 Å². The third kappa shape index (κ3) is 3.42. The molecule has 0 spiro atoms.